The summed E-state index contributed by atoms with van der Waals surface area (Å²) in [4.78, 5) is 11.6. The molecule has 1 aromatic heterocycles. The molecule has 0 aromatic carbocycles. The topological polar surface area (TPSA) is 81.2 Å². The van der Waals surface area contributed by atoms with E-state index < -0.39 is 5.54 Å². The highest BCUT2D eigenvalue weighted by Crippen LogP contribution is 2.11. The number of anilines is 1. The first-order chi connectivity index (χ1) is 6.56. The molecule has 5 nitrogen and oxygen atoms in total. The van der Waals surface area contributed by atoms with Crippen molar-refractivity contribution in [2.45, 2.75) is 32.2 Å². The van der Waals surface area contributed by atoms with Crippen LogP contribution in [0.25, 0.3) is 0 Å². The molecule has 78 valence electrons. The SMILES string of the molecule is CCCC(C)(N)C(=O)Nc1ccon1. The van der Waals surface area contributed by atoms with Crippen LogP contribution in [-0.2, 0) is 4.79 Å². The minimum absolute atomic E-state index is 0.242. The first-order valence-electron chi connectivity index (χ1n) is 4.57. The van der Waals surface area contributed by atoms with Crippen molar-refractivity contribution in [1.82, 2.24) is 5.16 Å². The van der Waals surface area contributed by atoms with E-state index in [-0.39, 0.29) is 5.91 Å². The first kappa shape index (κ1) is 10.7. The molecule has 1 heterocycles. The van der Waals surface area contributed by atoms with Crippen molar-refractivity contribution >= 4 is 11.7 Å². The van der Waals surface area contributed by atoms with Gasteiger partial charge in [0.15, 0.2) is 5.82 Å². The number of amides is 1. The number of nitrogens with two attached hydrogens (primary N) is 1. The predicted molar refractivity (Wildman–Crippen MR) is 52.6 cm³/mol. The molecule has 0 saturated heterocycles. The average Bonchev–Trinajstić information content (AvgIpc) is 2.56. The standard InChI is InChI=1S/C9H15N3O2/c1-3-5-9(2,10)8(13)11-7-4-6-14-12-7/h4,6H,3,5,10H2,1-2H3,(H,11,12,13). The third kappa shape index (κ3) is 2.56. The van der Waals surface area contributed by atoms with Crippen molar-refractivity contribution in [1.29, 1.82) is 0 Å². The number of carbonyl (C=O) groups excluding carboxylic acids is 1. The summed E-state index contributed by atoms with van der Waals surface area (Å²) in [5.41, 5.74) is 4.96. The molecular weight excluding hydrogens is 182 g/mol. The Kier molecular flexibility index (Phi) is 3.24. The molecular formula is C9H15N3O2. The van der Waals surface area contributed by atoms with Gasteiger partial charge in [-0.05, 0) is 13.3 Å². The van der Waals surface area contributed by atoms with Gasteiger partial charge in [-0.3, -0.25) is 4.79 Å². The van der Waals surface area contributed by atoms with Gasteiger partial charge in [-0.2, -0.15) is 0 Å². The molecule has 0 bridgehead atoms. The van der Waals surface area contributed by atoms with Crippen molar-refractivity contribution in [2.24, 2.45) is 5.73 Å². The molecule has 0 aliphatic heterocycles. The second-order valence-electron chi connectivity index (χ2n) is 3.51. The number of aromatic nitrogens is 1. The van der Waals surface area contributed by atoms with Crippen LogP contribution in [0.15, 0.2) is 16.9 Å². The van der Waals surface area contributed by atoms with Crippen molar-refractivity contribution in [2.75, 3.05) is 5.32 Å². The van der Waals surface area contributed by atoms with Crippen molar-refractivity contribution in [3.63, 3.8) is 0 Å². The zero-order valence-electron chi connectivity index (χ0n) is 8.41. The van der Waals surface area contributed by atoms with Crippen LogP contribution >= 0.6 is 0 Å². The van der Waals surface area contributed by atoms with Gasteiger partial charge >= 0.3 is 0 Å². The third-order valence-corrected chi connectivity index (χ3v) is 1.97. The van der Waals surface area contributed by atoms with Gasteiger partial charge in [0.2, 0.25) is 5.91 Å². The van der Waals surface area contributed by atoms with E-state index in [1.165, 1.54) is 6.26 Å². The third-order valence-electron chi connectivity index (χ3n) is 1.97. The molecule has 3 N–H and O–H groups in total. The summed E-state index contributed by atoms with van der Waals surface area (Å²) < 4.78 is 4.58. The summed E-state index contributed by atoms with van der Waals surface area (Å²) in [6.07, 6.45) is 2.89. The highest BCUT2D eigenvalue weighted by molar-refractivity contribution is 5.96. The largest absolute Gasteiger partial charge is 0.363 e. The summed E-state index contributed by atoms with van der Waals surface area (Å²) in [5.74, 6) is 0.149. The zero-order chi connectivity index (χ0) is 10.6. The van der Waals surface area contributed by atoms with E-state index in [0.29, 0.717) is 12.2 Å². The van der Waals surface area contributed by atoms with Gasteiger partial charge in [0, 0.05) is 6.07 Å². The average molecular weight is 197 g/mol. The van der Waals surface area contributed by atoms with E-state index in [0.717, 1.165) is 6.42 Å². The molecule has 1 aromatic rings. The van der Waals surface area contributed by atoms with Crippen LogP contribution in [0, 0.1) is 0 Å². The maximum atomic E-state index is 11.6. The zero-order valence-corrected chi connectivity index (χ0v) is 8.41. The molecule has 1 unspecified atom stereocenters. The Morgan fingerprint density at radius 3 is 3.00 bits per heavy atom. The molecule has 0 radical (unpaired) electrons. The minimum atomic E-state index is -0.853. The maximum Gasteiger partial charge on any atom is 0.245 e. The Morgan fingerprint density at radius 1 is 1.79 bits per heavy atom. The van der Waals surface area contributed by atoms with Gasteiger partial charge in [-0.1, -0.05) is 18.5 Å². The Balaban J connectivity index is 2.57. The fourth-order valence-electron chi connectivity index (χ4n) is 1.17. The second-order valence-corrected chi connectivity index (χ2v) is 3.51. The quantitative estimate of drug-likeness (QED) is 0.758. The Hall–Kier alpha value is -1.36. The molecule has 0 spiro atoms. The van der Waals surface area contributed by atoms with Gasteiger partial charge in [-0.25, -0.2) is 0 Å². The number of carbonyl (C=O) groups is 1. The number of hydrogen-bond acceptors (Lipinski definition) is 4. The van der Waals surface area contributed by atoms with Crippen LogP contribution in [0.1, 0.15) is 26.7 Å². The molecule has 0 aliphatic carbocycles. The van der Waals surface area contributed by atoms with Gasteiger partial charge in [0.05, 0.1) is 5.54 Å². The van der Waals surface area contributed by atoms with E-state index >= 15 is 0 Å². The number of hydrogen-bond donors (Lipinski definition) is 2. The highest BCUT2D eigenvalue weighted by Gasteiger charge is 2.27. The van der Waals surface area contributed by atoms with Crippen LogP contribution in [0.4, 0.5) is 5.82 Å². The second kappa shape index (κ2) is 4.23. The van der Waals surface area contributed by atoms with Crippen molar-refractivity contribution in [3.05, 3.63) is 12.3 Å². The molecule has 0 saturated carbocycles. The van der Waals surface area contributed by atoms with Gasteiger partial charge in [0.25, 0.3) is 0 Å². The minimum Gasteiger partial charge on any atom is -0.363 e. The van der Waals surface area contributed by atoms with Crippen LogP contribution in [0.2, 0.25) is 0 Å². The molecule has 1 amide bonds. The van der Waals surface area contributed by atoms with Crippen molar-refractivity contribution in [3.8, 4) is 0 Å². The van der Waals surface area contributed by atoms with Crippen LogP contribution in [0.3, 0.4) is 0 Å². The summed E-state index contributed by atoms with van der Waals surface area (Å²) in [6.45, 7) is 3.68. The Morgan fingerprint density at radius 2 is 2.50 bits per heavy atom. The van der Waals surface area contributed by atoms with Crippen LogP contribution in [-0.4, -0.2) is 16.6 Å². The van der Waals surface area contributed by atoms with Crippen LogP contribution in [0.5, 0.6) is 0 Å². The van der Waals surface area contributed by atoms with Crippen LogP contribution < -0.4 is 11.1 Å². The normalized spacial score (nSPS) is 14.8. The predicted octanol–water partition coefficient (Wildman–Crippen LogP) is 1.13. The molecule has 0 fully saturated rings. The van der Waals surface area contributed by atoms with Gasteiger partial charge in [0.1, 0.15) is 6.26 Å². The molecule has 1 atom stereocenters. The molecule has 14 heavy (non-hydrogen) atoms. The monoisotopic (exact) mass is 197 g/mol. The summed E-state index contributed by atoms with van der Waals surface area (Å²) in [7, 11) is 0. The van der Waals surface area contributed by atoms with E-state index in [9.17, 15) is 4.79 Å². The number of rotatable bonds is 4. The fourth-order valence-corrected chi connectivity index (χ4v) is 1.17. The summed E-state index contributed by atoms with van der Waals surface area (Å²) >= 11 is 0. The van der Waals surface area contributed by atoms with E-state index in [1.807, 2.05) is 6.92 Å². The van der Waals surface area contributed by atoms with E-state index in [4.69, 9.17) is 5.73 Å². The lowest BCUT2D eigenvalue weighted by Gasteiger charge is -2.21. The first-order valence-corrected chi connectivity index (χ1v) is 4.57. The highest BCUT2D eigenvalue weighted by atomic mass is 16.5. The van der Waals surface area contributed by atoms with E-state index in [1.54, 1.807) is 13.0 Å². The van der Waals surface area contributed by atoms with Crippen molar-refractivity contribution < 1.29 is 9.32 Å². The lowest BCUT2D eigenvalue weighted by molar-refractivity contribution is -0.120. The number of nitrogens with zero attached hydrogens (tertiary/aromatic N) is 1. The summed E-state index contributed by atoms with van der Waals surface area (Å²) in [6, 6.07) is 1.57. The Bertz CT molecular complexity index is 293. The molecule has 1 rings (SSSR count). The molecule has 5 heteroatoms. The lowest BCUT2D eigenvalue weighted by Crippen LogP contribution is -2.48. The fraction of sp³-hybridized carbons (Fsp3) is 0.556. The maximum absolute atomic E-state index is 11.6. The van der Waals surface area contributed by atoms with Gasteiger partial charge < -0.3 is 15.6 Å². The summed E-state index contributed by atoms with van der Waals surface area (Å²) in [5, 5.41) is 6.15. The number of nitrogens with one attached hydrogen (secondary N) is 1. The smallest absolute Gasteiger partial charge is 0.245 e. The molecule has 0 aliphatic rings. The van der Waals surface area contributed by atoms with E-state index in [2.05, 4.69) is 15.0 Å². The van der Waals surface area contributed by atoms with Gasteiger partial charge in [-0.15, -0.1) is 0 Å². The lowest BCUT2D eigenvalue weighted by atomic mass is 9.97. The Labute approximate surface area is 82.6 Å².